The summed E-state index contributed by atoms with van der Waals surface area (Å²) < 4.78 is 5.51. The Bertz CT molecular complexity index is 428. The highest BCUT2D eigenvalue weighted by Gasteiger charge is 2.43. The molecule has 0 spiro atoms. The Morgan fingerprint density at radius 2 is 1.60 bits per heavy atom. The van der Waals surface area contributed by atoms with Gasteiger partial charge in [0.25, 0.3) is 0 Å². The lowest BCUT2D eigenvalue weighted by Gasteiger charge is -2.40. The Hall–Kier alpha value is -0.980. The summed E-state index contributed by atoms with van der Waals surface area (Å²) in [7, 11) is 0. The Morgan fingerprint density at radius 3 is 2.10 bits per heavy atom. The molecule has 4 N–H and O–H groups in total. The zero-order valence-electron chi connectivity index (χ0n) is 11.7. The molecule has 0 amide bonds. The van der Waals surface area contributed by atoms with Gasteiger partial charge in [0.15, 0.2) is 0 Å². The molecule has 0 saturated carbocycles. The molecule has 1 aromatic rings. The van der Waals surface area contributed by atoms with Gasteiger partial charge in [0, 0.05) is 0 Å². The molecule has 1 fully saturated rings. The molecule has 0 bridgehead atoms. The van der Waals surface area contributed by atoms with Crippen LogP contribution in [0.25, 0.3) is 0 Å². The van der Waals surface area contributed by atoms with E-state index in [2.05, 4.69) is 13.8 Å². The van der Waals surface area contributed by atoms with E-state index in [1.807, 2.05) is 24.3 Å². The van der Waals surface area contributed by atoms with Crippen LogP contribution >= 0.6 is 0 Å². The summed E-state index contributed by atoms with van der Waals surface area (Å²) in [6.45, 7) is 3.76. The average Bonchev–Trinajstić information content (AvgIpc) is 2.45. The largest absolute Gasteiger partial charge is 0.394 e. The highest BCUT2D eigenvalue weighted by Crippen LogP contribution is 2.32. The van der Waals surface area contributed by atoms with Crippen molar-refractivity contribution in [2.24, 2.45) is 0 Å². The number of aliphatic hydroxyl groups excluding tert-OH is 4. The first-order valence-corrected chi connectivity index (χ1v) is 6.86. The van der Waals surface area contributed by atoms with E-state index >= 15 is 0 Å². The molecule has 1 aromatic carbocycles. The van der Waals surface area contributed by atoms with E-state index in [4.69, 9.17) is 9.84 Å². The van der Waals surface area contributed by atoms with Crippen molar-refractivity contribution < 1.29 is 25.2 Å². The average molecular weight is 282 g/mol. The van der Waals surface area contributed by atoms with Crippen LogP contribution in [0.15, 0.2) is 24.3 Å². The van der Waals surface area contributed by atoms with Crippen LogP contribution in [-0.4, -0.2) is 51.4 Å². The molecule has 1 aliphatic heterocycles. The molecule has 1 saturated heterocycles. The second-order valence-electron chi connectivity index (χ2n) is 5.57. The van der Waals surface area contributed by atoms with Crippen LogP contribution in [0.2, 0.25) is 0 Å². The van der Waals surface area contributed by atoms with Gasteiger partial charge in [0.05, 0.1) is 6.61 Å². The third-order valence-corrected chi connectivity index (χ3v) is 3.82. The summed E-state index contributed by atoms with van der Waals surface area (Å²) in [5, 5.41) is 38.7. The van der Waals surface area contributed by atoms with E-state index in [-0.39, 0.29) is 0 Å². The molecule has 0 radical (unpaired) electrons. The van der Waals surface area contributed by atoms with Gasteiger partial charge in [-0.2, -0.15) is 0 Å². The fraction of sp³-hybridized carbons (Fsp3) is 0.600. The van der Waals surface area contributed by atoms with Crippen LogP contribution in [0.3, 0.4) is 0 Å². The first-order valence-electron chi connectivity index (χ1n) is 6.86. The summed E-state index contributed by atoms with van der Waals surface area (Å²) in [5.41, 5.74) is 1.88. The maximum atomic E-state index is 10.0. The SMILES string of the molecule is CC(C)c1ccc(C2OC(CO)C(O)C(O)C2O)cc1. The lowest BCUT2D eigenvalue weighted by Crippen LogP contribution is -2.55. The quantitative estimate of drug-likeness (QED) is 0.641. The topological polar surface area (TPSA) is 90.2 Å². The summed E-state index contributed by atoms with van der Waals surface area (Å²) in [5.74, 6) is 0.402. The molecular formula is C15H22O5. The smallest absolute Gasteiger partial charge is 0.113 e. The molecule has 20 heavy (non-hydrogen) atoms. The molecule has 1 heterocycles. The van der Waals surface area contributed by atoms with Gasteiger partial charge in [0.2, 0.25) is 0 Å². The lowest BCUT2D eigenvalue weighted by atomic mass is 9.90. The zero-order valence-corrected chi connectivity index (χ0v) is 11.7. The van der Waals surface area contributed by atoms with E-state index in [1.165, 1.54) is 5.56 Å². The van der Waals surface area contributed by atoms with Gasteiger partial charge < -0.3 is 25.2 Å². The van der Waals surface area contributed by atoms with Gasteiger partial charge in [-0.3, -0.25) is 0 Å². The van der Waals surface area contributed by atoms with E-state index in [0.29, 0.717) is 11.5 Å². The molecule has 5 unspecified atom stereocenters. The van der Waals surface area contributed by atoms with E-state index in [0.717, 1.165) is 0 Å². The molecule has 5 atom stereocenters. The first-order chi connectivity index (χ1) is 9.45. The zero-order chi connectivity index (χ0) is 14.9. The summed E-state index contributed by atoms with van der Waals surface area (Å²) in [6, 6.07) is 7.56. The number of rotatable bonds is 3. The second kappa shape index (κ2) is 6.20. The molecule has 5 heteroatoms. The molecule has 0 aliphatic carbocycles. The first kappa shape index (κ1) is 15.4. The van der Waals surface area contributed by atoms with Crippen LogP contribution in [0, 0.1) is 0 Å². The van der Waals surface area contributed by atoms with Crippen molar-refractivity contribution in [3.63, 3.8) is 0 Å². The van der Waals surface area contributed by atoms with Crippen molar-refractivity contribution in [2.45, 2.75) is 50.3 Å². The maximum absolute atomic E-state index is 10.0. The Morgan fingerprint density at radius 1 is 1.00 bits per heavy atom. The van der Waals surface area contributed by atoms with Gasteiger partial charge in [0.1, 0.15) is 30.5 Å². The van der Waals surface area contributed by atoms with Crippen LogP contribution in [0.1, 0.15) is 37.0 Å². The number of ether oxygens (including phenoxy) is 1. The lowest BCUT2D eigenvalue weighted by molar-refractivity contribution is -0.231. The van der Waals surface area contributed by atoms with E-state index in [1.54, 1.807) is 0 Å². The van der Waals surface area contributed by atoms with Crippen LogP contribution in [-0.2, 0) is 4.74 Å². The molecule has 1 aliphatic rings. The van der Waals surface area contributed by atoms with Crippen LogP contribution in [0.5, 0.6) is 0 Å². The minimum Gasteiger partial charge on any atom is -0.394 e. The van der Waals surface area contributed by atoms with Crippen molar-refractivity contribution in [2.75, 3.05) is 6.61 Å². The third kappa shape index (κ3) is 2.87. The van der Waals surface area contributed by atoms with Crippen LogP contribution in [0.4, 0.5) is 0 Å². The summed E-state index contributed by atoms with van der Waals surface area (Å²) in [6.07, 6.45) is -5.51. The van der Waals surface area contributed by atoms with Gasteiger partial charge in [-0.1, -0.05) is 38.1 Å². The van der Waals surface area contributed by atoms with Gasteiger partial charge in [-0.15, -0.1) is 0 Å². The Kier molecular flexibility index (Phi) is 4.78. The molecule has 5 nitrogen and oxygen atoms in total. The highest BCUT2D eigenvalue weighted by atomic mass is 16.5. The fourth-order valence-electron chi connectivity index (χ4n) is 2.45. The standard InChI is InChI=1S/C15H22O5/c1-8(2)9-3-5-10(6-4-9)15-14(19)13(18)12(17)11(7-16)20-15/h3-6,8,11-19H,7H2,1-2H3. The van der Waals surface area contributed by atoms with Crippen molar-refractivity contribution in [3.8, 4) is 0 Å². The molecular weight excluding hydrogens is 260 g/mol. The minimum atomic E-state index is -1.34. The number of benzene rings is 1. The Labute approximate surface area is 118 Å². The predicted octanol–water partition coefficient (Wildman–Crippen LogP) is 0.325. The number of hydrogen-bond acceptors (Lipinski definition) is 5. The number of hydrogen-bond donors (Lipinski definition) is 4. The Balaban J connectivity index is 2.22. The predicted molar refractivity (Wildman–Crippen MR) is 73.3 cm³/mol. The highest BCUT2D eigenvalue weighted by molar-refractivity contribution is 5.27. The molecule has 2 rings (SSSR count). The van der Waals surface area contributed by atoms with Crippen molar-refractivity contribution in [1.29, 1.82) is 0 Å². The second-order valence-corrected chi connectivity index (χ2v) is 5.57. The van der Waals surface area contributed by atoms with E-state index < -0.39 is 37.1 Å². The van der Waals surface area contributed by atoms with Crippen molar-refractivity contribution >= 4 is 0 Å². The third-order valence-electron chi connectivity index (χ3n) is 3.82. The monoisotopic (exact) mass is 282 g/mol. The van der Waals surface area contributed by atoms with Gasteiger partial charge in [-0.25, -0.2) is 0 Å². The summed E-state index contributed by atoms with van der Waals surface area (Å²) >= 11 is 0. The van der Waals surface area contributed by atoms with Crippen molar-refractivity contribution in [1.82, 2.24) is 0 Å². The minimum absolute atomic E-state index is 0.402. The van der Waals surface area contributed by atoms with E-state index in [9.17, 15) is 15.3 Å². The van der Waals surface area contributed by atoms with Crippen molar-refractivity contribution in [3.05, 3.63) is 35.4 Å². The van der Waals surface area contributed by atoms with Crippen LogP contribution < -0.4 is 0 Å². The normalized spacial score (nSPS) is 34.5. The maximum Gasteiger partial charge on any atom is 0.113 e. The molecule has 0 aromatic heterocycles. The summed E-state index contributed by atoms with van der Waals surface area (Å²) in [4.78, 5) is 0. The number of aliphatic hydroxyl groups is 4. The fourth-order valence-corrected chi connectivity index (χ4v) is 2.45. The molecule has 112 valence electrons. The van der Waals surface area contributed by atoms with Gasteiger partial charge >= 0.3 is 0 Å². The van der Waals surface area contributed by atoms with Gasteiger partial charge in [-0.05, 0) is 17.0 Å².